The van der Waals surface area contributed by atoms with Crippen LogP contribution >= 0.6 is 0 Å². The predicted octanol–water partition coefficient (Wildman–Crippen LogP) is 2.64. The maximum absolute atomic E-state index is 11.9. The van der Waals surface area contributed by atoms with Gasteiger partial charge in [-0.05, 0) is 17.5 Å². The Bertz CT molecular complexity index is 373. The van der Waals surface area contributed by atoms with Crippen molar-refractivity contribution in [3.63, 3.8) is 0 Å². The smallest absolute Gasteiger partial charge is 0.159 e. The molecule has 2 heteroatoms. The fraction of sp³-hybridized carbons (Fsp3) is 0.462. The number of ketones is 1. The van der Waals surface area contributed by atoms with E-state index in [2.05, 4.69) is 25.2 Å². The van der Waals surface area contributed by atoms with Crippen molar-refractivity contribution in [2.24, 2.45) is 5.92 Å². The van der Waals surface area contributed by atoms with E-state index in [4.69, 9.17) is 0 Å². The number of para-hydroxylation sites is 1. The van der Waals surface area contributed by atoms with Gasteiger partial charge in [0.1, 0.15) is 0 Å². The first-order valence-electron chi connectivity index (χ1n) is 5.59. The normalized spacial score (nSPS) is 21.7. The van der Waals surface area contributed by atoms with E-state index in [9.17, 15) is 4.79 Å². The maximum Gasteiger partial charge on any atom is 0.159 e. The Hall–Kier alpha value is -1.31. The van der Waals surface area contributed by atoms with Crippen LogP contribution in [0.15, 0.2) is 24.3 Å². The lowest BCUT2D eigenvalue weighted by Gasteiger charge is -2.29. The molecule has 1 aromatic carbocycles. The second kappa shape index (κ2) is 4.05. The molecule has 80 valence electrons. The van der Waals surface area contributed by atoms with Crippen molar-refractivity contribution in [2.75, 3.05) is 5.32 Å². The number of carbonyl (C=O) groups is 1. The second-order valence-corrected chi connectivity index (χ2v) is 4.31. The van der Waals surface area contributed by atoms with E-state index in [1.165, 1.54) is 0 Å². The molecule has 15 heavy (non-hydrogen) atoms. The zero-order valence-electron chi connectivity index (χ0n) is 9.29. The molecule has 0 fully saturated rings. The Morgan fingerprint density at radius 1 is 1.47 bits per heavy atom. The standard InChI is InChI=1S/C13H17NO/c1-3-9(2)13-12(15)8-10-6-4-5-7-11(10)14-13/h4-7,9,13-14H,3,8H2,1-2H3/t9?,13-/m1/s1. The highest BCUT2D eigenvalue weighted by Gasteiger charge is 2.28. The minimum atomic E-state index is 0.00454. The largest absolute Gasteiger partial charge is 0.375 e. The molecule has 0 saturated carbocycles. The third-order valence-electron chi connectivity index (χ3n) is 3.25. The molecule has 1 heterocycles. The van der Waals surface area contributed by atoms with Gasteiger partial charge in [-0.25, -0.2) is 0 Å². The Balaban J connectivity index is 2.26. The van der Waals surface area contributed by atoms with E-state index in [1.54, 1.807) is 0 Å². The fourth-order valence-corrected chi connectivity index (χ4v) is 2.06. The van der Waals surface area contributed by atoms with Crippen LogP contribution in [0, 0.1) is 5.92 Å². The molecule has 1 aliphatic rings. The maximum atomic E-state index is 11.9. The minimum absolute atomic E-state index is 0.00454. The van der Waals surface area contributed by atoms with Crippen LogP contribution in [-0.4, -0.2) is 11.8 Å². The summed E-state index contributed by atoms with van der Waals surface area (Å²) in [6, 6.07) is 8.07. The lowest BCUT2D eigenvalue weighted by molar-refractivity contribution is -0.120. The van der Waals surface area contributed by atoms with E-state index in [1.807, 2.05) is 18.2 Å². The van der Waals surface area contributed by atoms with Crippen molar-refractivity contribution in [1.29, 1.82) is 0 Å². The fourth-order valence-electron chi connectivity index (χ4n) is 2.06. The first-order valence-corrected chi connectivity index (χ1v) is 5.59. The zero-order valence-corrected chi connectivity index (χ0v) is 9.29. The number of rotatable bonds is 2. The third-order valence-corrected chi connectivity index (χ3v) is 3.25. The van der Waals surface area contributed by atoms with E-state index in [0.717, 1.165) is 17.7 Å². The number of benzene rings is 1. The van der Waals surface area contributed by atoms with Gasteiger partial charge in [0.25, 0.3) is 0 Å². The number of anilines is 1. The van der Waals surface area contributed by atoms with Gasteiger partial charge in [-0.3, -0.25) is 4.79 Å². The Morgan fingerprint density at radius 2 is 2.20 bits per heavy atom. The lowest BCUT2D eigenvalue weighted by Crippen LogP contribution is -2.40. The quantitative estimate of drug-likeness (QED) is 0.800. The van der Waals surface area contributed by atoms with Gasteiger partial charge in [-0.15, -0.1) is 0 Å². The molecule has 2 nitrogen and oxygen atoms in total. The third kappa shape index (κ3) is 1.89. The second-order valence-electron chi connectivity index (χ2n) is 4.31. The molecular formula is C13H17NO. The molecule has 1 N–H and O–H groups in total. The summed E-state index contributed by atoms with van der Waals surface area (Å²) in [7, 11) is 0. The van der Waals surface area contributed by atoms with Crippen LogP contribution < -0.4 is 5.32 Å². The first-order chi connectivity index (χ1) is 7.22. The highest BCUT2D eigenvalue weighted by atomic mass is 16.1. The Labute approximate surface area is 90.7 Å². The molecule has 0 spiro atoms. The number of nitrogens with one attached hydrogen (secondary N) is 1. The van der Waals surface area contributed by atoms with Gasteiger partial charge < -0.3 is 5.32 Å². The van der Waals surface area contributed by atoms with Gasteiger partial charge in [0.2, 0.25) is 0 Å². The van der Waals surface area contributed by atoms with E-state index in [-0.39, 0.29) is 6.04 Å². The molecule has 0 saturated heterocycles. The van der Waals surface area contributed by atoms with Crippen LogP contribution in [0.5, 0.6) is 0 Å². The monoisotopic (exact) mass is 203 g/mol. The molecule has 0 radical (unpaired) electrons. The van der Waals surface area contributed by atoms with Crippen LogP contribution in [-0.2, 0) is 11.2 Å². The predicted molar refractivity (Wildman–Crippen MR) is 62.0 cm³/mol. The van der Waals surface area contributed by atoms with Crippen LogP contribution in [0.4, 0.5) is 5.69 Å². The topological polar surface area (TPSA) is 29.1 Å². The molecule has 0 aliphatic carbocycles. The first kappa shape index (κ1) is 10.2. The minimum Gasteiger partial charge on any atom is -0.375 e. The van der Waals surface area contributed by atoms with Crippen LogP contribution in [0.3, 0.4) is 0 Å². The highest BCUT2D eigenvalue weighted by molar-refractivity contribution is 5.92. The van der Waals surface area contributed by atoms with Crippen molar-refractivity contribution in [2.45, 2.75) is 32.7 Å². The van der Waals surface area contributed by atoms with Gasteiger partial charge in [-0.1, -0.05) is 38.5 Å². The Morgan fingerprint density at radius 3 is 2.93 bits per heavy atom. The van der Waals surface area contributed by atoms with Gasteiger partial charge in [-0.2, -0.15) is 0 Å². The summed E-state index contributed by atoms with van der Waals surface area (Å²) in [6.07, 6.45) is 1.61. The van der Waals surface area contributed by atoms with Gasteiger partial charge >= 0.3 is 0 Å². The van der Waals surface area contributed by atoms with Gasteiger partial charge in [0.15, 0.2) is 5.78 Å². The van der Waals surface area contributed by atoms with Crippen molar-refractivity contribution >= 4 is 11.5 Å². The summed E-state index contributed by atoms with van der Waals surface area (Å²) in [4.78, 5) is 11.9. The molecule has 0 amide bonds. The molecule has 0 aromatic heterocycles. The lowest BCUT2D eigenvalue weighted by atomic mass is 9.88. The molecular weight excluding hydrogens is 186 g/mol. The van der Waals surface area contributed by atoms with E-state index >= 15 is 0 Å². The van der Waals surface area contributed by atoms with Crippen LogP contribution in [0.1, 0.15) is 25.8 Å². The van der Waals surface area contributed by atoms with E-state index in [0.29, 0.717) is 18.1 Å². The Kier molecular flexibility index (Phi) is 2.76. The van der Waals surface area contributed by atoms with Crippen LogP contribution in [0.2, 0.25) is 0 Å². The number of hydrogen-bond donors (Lipinski definition) is 1. The summed E-state index contributed by atoms with van der Waals surface area (Å²) < 4.78 is 0. The SMILES string of the molecule is CCC(C)[C@H]1Nc2ccccc2CC1=O. The number of hydrogen-bond acceptors (Lipinski definition) is 2. The molecule has 1 aromatic rings. The number of fused-ring (bicyclic) bond motifs is 1. The van der Waals surface area contributed by atoms with E-state index < -0.39 is 0 Å². The average Bonchev–Trinajstić information content (AvgIpc) is 2.27. The van der Waals surface area contributed by atoms with Crippen molar-refractivity contribution < 1.29 is 4.79 Å². The van der Waals surface area contributed by atoms with Crippen molar-refractivity contribution in [1.82, 2.24) is 0 Å². The summed E-state index contributed by atoms with van der Waals surface area (Å²) >= 11 is 0. The zero-order chi connectivity index (χ0) is 10.8. The van der Waals surface area contributed by atoms with Gasteiger partial charge in [0, 0.05) is 12.1 Å². The summed E-state index contributed by atoms with van der Waals surface area (Å²) in [5, 5.41) is 3.35. The number of Topliss-reactive ketones (excluding diaryl/α,β-unsaturated/α-hetero) is 1. The van der Waals surface area contributed by atoms with Crippen molar-refractivity contribution in [3.05, 3.63) is 29.8 Å². The summed E-state index contributed by atoms with van der Waals surface area (Å²) in [5.74, 6) is 0.730. The summed E-state index contributed by atoms with van der Waals surface area (Å²) in [5.41, 5.74) is 2.25. The molecule has 1 unspecified atom stereocenters. The van der Waals surface area contributed by atoms with Crippen molar-refractivity contribution in [3.8, 4) is 0 Å². The molecule has 1 aliphatic heterocycles. The molecule has 0 bridgehead atoms. The van der Waals surface area contributed by atoms with Gasteiger partial charge in [0.05, 0.1) is 6.04 Å². The average molecular weight is 203 g/mol. The van der Waals surface area contributed by atoms with Crippen LogP contribution in [0.25, 0.3) is 0 Å². The molecule has 2 atom stereocenters. The summed E-state index contributed by atoms with van der Waals surface area (Å²) in [6.45, 7) is 4.25. The molecule has 2 rings (SSSR count). The highest BCUT2D eigenvalue weighted by Crippen LogP contribution is 2.26. The number of carbonyl (C=O) groups excluding carboxylic acids is 1.